The van der Waals surface area contributed by atoms with Crippen molar-refractivity contribution >= 4 is 16.9 Å². The van der Waals surface area contributed by atoms with Crippen LogP contribution < -0.4 is 5.32 Å². The Balaban J connectivity index is 1.76. The summed E-state index contributed by atoms with van der Waals surface area (Å²) in [7, 11) is 0. The molecule has 1 N–H and O–H groups in total. The standard InChI is InChI=1S/C16H24N2S/c1-12(2)15-11-19-16(18-15)17-13(3)9-10-14-7-5-4-6-8-14/h4-8,12-13,15H,9-11H2,1-3H3,(H,17,18)/t13?,15-/m1/s1. The first kappa shape index (κ1) is 14.4. The lowest BCUT2D eigenvalue weighted by molar-refractivity contribution is 0.539. The van der Waals surface area contributed by atoms with Gasteiger partial charge >= 0.3 is 0 Å². The molecule has 1 aliphatic rings. The van der Waals surface area contributed by atoms with E-state index in [9.17, 15) is 0 Å². The van der Waals surface area contributed by atoms with Crippen LogP contribution in [0.25, 0.3) is 0 Å². The molecule has 2 rings (SSSR count). The highest BCUT2D eigenvalue weighted by atomic mass is 32.2. The minimum atomic E-state index is 0.484. The lowest BCUT2D eigenvalue weighted by Gasteiger charge is -2.14. The van der Waals surface area contributed by atoms with Crippen molar-refractivity contribution in [2.75, 3.05) is 5.75 Å². The molecule has 1 unspecified atom stereocenters. The fourth-order valence-electron chi connectivity index (χ4n) is 2.12. The molecule has 0 spiro atoms. The van der Waals surface area contributed by atoms with Gasteiger partial charge in [-0.1, -0.05) is 55.9 Å². The Morgan fingerprint density at radius 2 is 2.00 bits per heavy atom. The molecule has 104 valence electrons. The molecule has 1 aromatic rings. The number of aryl methyl sites for hydroxylation is 1. The van der Waals surface area contributed by atoms with Crippen molar-refractivity contribution in [2.45, 2.75) is 45.7 Å². The van der Waals surface area contributed by atoms with Crippen molar-refractivity contribution in [3.63, 3.8) is 0 Å². The molecule has 0 fully saturated rings. The van der Waals surface area contributed by atoms with Crippen molar-refractivity contribution in [3.8, 4) is 0 Å². The van der Waals surface area contributed by atoms with Crippen LogP contribution in [0.3, 0.4) is 0 Å². The molecular weight excluding hydrogens is 252 g/mol. The topological polar surface area (TPSA) is 24.4 Å². The maximum Gasteiger partial charge on any atom is 0.157 e. The smallest absolute Gasteiger partial charge is 0.157 e. The molecule has 1 aliphatic heterocycles. The predicted molar refractivity (Wildman–Crippen MR) is 85.9 cm³/mol. The van der Waals surface area contributed by atoms with Crippen molar-refractivity contribution in [3.05, 3.63) is 35.9 Å². The fraction of sp³-hybridized carbons (Fsp3) is 0.562. The summed E-state index contributed by atoms with van der Waals surface area (Å²) in [6.45, 7) is 6.74. The van der Waals surface area contributed by atoms with Crippen molar-refractivity contribution in [2.24, 2.45) is 10.9 Å². The highest BCUT2D eigenvalue weighted by Crippen LogP contribution is 2.22. The van der Waals surface area contributed by atoms with E-state index < -0.39 is 0 Å². The molecule has 1 heterocycles. The van der Waals surface area contributed by atoms with Gasteiger partial charge in [-0.05, 0) is 31.2 Å². The van der Waals surface area contributed by atoms with Gasteiger partial charge in [0.2, 0.25) is 0 Å². The van der Waals surface area contributed by atoms with Crippen LogP contribution in [0.4, 0.5) is 0 Å². The first-order chi connectivity index (χ1) is 9.15. The molecule has 0 aliphatic carbocycles. The van der Waals surface area contributed by atoms with Crippen molar-refractivity contribution in [1.29, 1.82) is 0 Å². The highest BCUT2D eigenvalue weighted by molar-refractivity contribution is 8.14. The number of nitrogens with zero attached hydrogens (tertiary/aromatic N) is 1. The van der Waals surface area contributed by atoms with E-state index in [1.165, 1.54) is 5.56 Å². The van der Waals surface area contributed by atoms with Gasteiger partial charge in [-0.3, -0.25) is 4.99 Å². The number of nitrogens with one attached hydrogen (secondary N) is 1. The number of benzene rings is 1. The monoisotopic (exact) mass is 276 g/mol. The van der Waals surface area contributed by atoms with E-state index in [1.807, 2.05) is 11.8 Å². The van der Waals surface area contributed by atoms with Gasteiger partial charge in [0, 0.05) is 11.8 Å². The summed E-state index contributed by atoms with van der Waals surface area (Å²) >= 11 is 1.87. The normalized spacial score (nSPS) is 20.4. The van der Waals surface area contributed by atoms with Gasteiger partial charge in [-0.2, -0.15) is 0 Å². The van der Waals surface area contributed by atoms with E-state index in [0.29, 0.717) is 18.0 Å². The van der Waals surface area contributed by atoms with Crippen LogP contribution in [0.15, 0.2) is 35.3 Å². The summed E-state index contributed by atoms with van der Waals surface area (Å²) in [5.74, 6) is 1.78. The van der Waals surface area contributed by atoms with E-state index >= 15 is 0 Å². The minimum absolute atomic E-state index is 0.484. The van der Waals surface area contributed by atoms with Crippen LogP contribution in [-0.4, -0.2) is 23.0 Å². The lowest BCUT2D eigenvalue weighted by atomic mass is 10.1. The number of aliphatic imine (C=N–C) groups is 1. The number of thioether (sulfide) groups is 1. The van der Waals surface area contributed by atoms with Gasteiger partial charge in [0.15, 0.2) is 5.17 Å². The SMILES string of the molecule is CC(CCc1ccccc1)NC1=N[C@@H](C(C)C)CS1. The Morgan fingerprint density at radius 3 is 2.63 bits per heavy atom. The first-order valence-corrected chi connectivity index (χ1v) is 8.14. The molecule has 0 radical (unpaired) electrons. The van der Waals surface area contributed by atoms with E-state index in [2.05, 4.69) is 56.4 Å². The van der Waals surface area contributed by atoms with E-state index in [-0.39, 0.29) is 0 Å². The Kier molecular flexibility index (Phi) is 5.32. The highest BCUT2D eigenvalue weighted by Gasteiger charge is 2.21. The Morgan fingerprint density at radius 1 is 1.26 bits per heavy atom. The van der Waals surface area contributed by atoms with Gasteiger partial charge in [0.25, 0.3) is 0 Å². The van der Waals surface area contributed by atoms with Gasteiger partial charge in [0.05, 0.1) is 6.04 Å². The molecule has 0 amide bonds. The van der Waals surface area contributed by atoms with Crippen LogP contribution in [0.5, 0.6) is 0 Å². The van der Waals surface area contributed by atoms with E-state index in [1.54, 1.807) is 0 Å². The van der Waals surface area contributed by atoms with Gasteiger partial charge in [-0.15, -0.1) is 0 Å². The molecule has 2 atom stereocenters. The quantitative estimate of drug-likeness (QED) is 0.886. The number of hydrogen-bond donors (Lipinski definition) is 1. The van der Waals surface area contributed by atoms with Crippen LogP contribution in [0.1, 0.15) is 32.8 Å². The molecule has 0 bridgehead atoms. The maximum atomic E-state index is 4.75. The number of rotatable bonds is 5. The first-order valence-electron chi connectivity index (χ1n) is 7.16. The second-order valence-electron chi connectivity index (χ2n) is 5.63. The van der Waals surface area contributed by atoms with Crippen LogP contribution >= 0.6 is 11.8 Å². The second kappa shape index (κ2) is 6.99. The zero-order valence-corrected chi connectivity index (χ0v) is 12.9. The van der Waals surface area contributed by atoms with Gasteiger partial charge in [-0.25, -0.2) is 0 Å². The van der Waals surface area contributed by atoms with Gasteiger partial charge in [0.1, 0.15) is 0 Å². The largest absolute Gasteiger partial charge is 0.362 e. The average Bonchev–Trinajstić information content (AvgIpc) is 2.86. The van der Waals surface area contributed by atoms with Crippen LogP contribution in [-0.2, 0) is 6.42 Å². The summed E-state index contributed by atoms with van der Waals surface area (Å²) < 4.78 is 0. The zero-order chi connectivity index (χ0) is 13.7. The van der Waals surface area contributed by atoms with Crippen LogP contribution in [0.2, 0.25) is 0 Å². The molecule has 0 saturated heterocycles. The molecule has 0 aromatic heterocycles. The molecular formula is C16H24N2S. The zero-order valence-electron chi connectivity index (χ0n) is 12.1. The van der Waals surface area contributed by atoms with Crippen molar-refractivity contribution < 1.29 is 0 Å². The number of hydrogen-bond acceptors (Lipinski definition) is 3. The number of amidine groups is 1. The fourth-order valence-corrected chi connectivity index (χ4v) is 3.40. The average molecular weight is 276 g/mol. The van der Waals surface area contributed by atoms with E-state index in [4.69, 9.17) is 4.99 Å². The summed E-state index contributed by atoms with van der Waals surface area (Å²) in [5.41, 5.74) is 1.41. The molecule has 2 nitrogen and oxygen atoms in total. The second-order valence-corrected chi connectivity index (χ2v) is 6.63. The van der Waals surface area contributed by atoms with Crippen molar-refractivity contribution in [1.82, 2.24) is 5.32 Å². The Bertz CT molecular complexity index is 414. The molecule has 1 aromatic carbocycles. The summed E-state index contributed by atoms with van der Waals surface area (Å²) in [6, 6.07) is 11.7. The predicted octanol–water partition coefficient (Wildman–Crippen LogP) is 3.72. The lowest BCUT2D eigenvalue weighted by Crippen LogP contribution is -2.30. The Hall–Kier alpha value is -0.960. The molecule has 19 heavy (non-hydrogen) atoms. The third kappa shape index (κ3) is 4.57. The van der Waals surface area contributed by atoms with Crippen LogP contribution in [0, 0.1) is 5.92 Å². The summed E-state index contributed by atoms with van der Waals surface area (Å²) in [5, 5.41) is 4.69. The molecule has 0 saturated carbocycles. The van der Waals surface area contributed by atoms with E-state index in [0.717, 1.165) is 23.8 Å². The maximum absolute atomic E-state index is 4.75. The third-order valence-electron chi connectivity index (χ3n) is 3.52. The Labute approximate surface area is 121 Å². The minimum Gasteiger partial charge on any atom is -0.362 e. The third-order valence-corrected chi connectivity index (χ3v) is 4.53. The summed E-state index contributed by atoms with van der Waals surface area (Å²) in [6.07, 6.45) is 2.27. The summed E-state index contributed by atoms with van der Waals surface area (Å²) in [4.78, 5) is 4.75. The molecule has 3 heteroatoms. The van der Waals surface area contributed by atoms with Gasteiger partial charge < -0.3 is 5.32 Å².